The highest BCUT2D eigenvalue weighted by Gasteiger charge is 2.35. The zero-order chi connectivity index (χ0) is 22.6. The maximum atomic E-state index is 13.1. The summed E-state index contributed by atoms with van der Waals surface area (Å²) in [5, 5.41) is 0. The summed E-state index contributed by atoms with van der Waals surface area (Å²) in [6.07, 6.45) is -1.03. The van der Waals surface area contributed by atoms with Crippen molar-refractivity contribution in [3.05, 3.63) is 46.5 Å². The Labute approximate surface area is 179 Å². The number of carbonyl (C=O) groups excluding carboxylic acids is 2. The lowest BCUT2D eigenvalue weighted by Crippen LogP contribution is -2.19. The van der Waals surface area contributed by atoms with Crippen LogP contribution in [-0.2, 0) is 31.7 Å². The second kappa shape index (κ2) is 9.66. The predicted molar refractivity (Wildman–Crippen MR) is 108 cm³/mol. The molecule has 5 nitrogen and oxygen atoms in total. The molecule has 168 valence electrons. The van der Waals surface area contributed by atoms with E-state index < -0.39 is 23.7 Å². The Morgan fingerprint density at radius 2 is 1.90 bits per heavy atom. The van der Waals surface area contributed by atoms with Crippen molar-refractivity contribution in [3.63, 3.8) is 0 Å². The zero-order valence-electron chi connectivity index (χ0n) is 17.6. The first kappa shape index (κ1) is 23.0. The van der Waals surface area contributed by atoms with E-state index in [1.165, 1.54) is 12.1 Å². The summed E-state index contributed by atoms with van der Waals surface area (Å²) in [4.78, 5) is 29.3. The van der Waals surface area contributed by atoms with Crippen LogP contribution >= 0.6 is 0 Å². The highest BCUT2D eigenvalue weighted by atomic mass is 19.4. The number of ether oxygens (including phenoxy) is 2. The van der Waals surface area contributed by atoms with Gasteiger partial charge in [-0.25, -0.2) is 9.79 Å². The summed E-state index contributed by atoms with van der Waals surface area (Å²) < 4.78 is 49.6. The Morgan fingerprint density at radius 1 is 1.19 bits per heavy atom. The topological polar surface area (TPSA) is 65.0 Å². The van der Waals surface area contributed by atoms with E-state index in [-0.39, 0.29) is 37.0 Å². The fraction of sp³-hybridized carbons (Fsp3) is 0.522. The third-order valence-corrected chi connectivity index (χ3v) is 5.61. The van der Waals surface area contributed by atoms with E-state index in [2.05, 4.69) is 11.9 Å². The van der Waals surface area contributed by atoms with Gasteiger partial charge in [-0.2, -0.15) is 13.2 Å². The third kappa shape index (κ3) is 5.95. The fourth-order valence-corrected chi connectivity index (χ4v) is 3.88. The normalized spacial score (nSPS) is 23.3. The van der Waals surface area contributed by atoms with E-state index in [9.17, 15) is 22.8 Å². The van der Waals surface area contributed by atoms with Gasteiger partial charge in [0.1, 0.15) is 0 Å². The molecule has 0 N–H and O–H groups in total. The summed E-state index contributed by atoms with van der Waals surface area (Å²) in [7, 11) is 0. The van der Waals surface area contributed by atoms with E-state index in [0.717, 1.165) is 37.8 Å². The van der Waals surface area contributed by atoms with E-state index in [4.69, 9.17) is 9.47 Å². The summed E-state index contributed by atoms with van der Waals surface area (Å²) >= 11 is 0. The number of cyclic esters (lactones) is 1. The van der Waals surface area contributed by atoms with Crippen LogP contribution in [-0.4, -0.2) is 30.5 Å². The third-order valence-electron chi connectivity index (χ3n) is 5.61. The Balaban J connectivity index is 1.92. The average Bonchev–Trinajstić information content (AvgIpc) is 2.98. The van der Waals surface area contributed by atoms with Crippen LogP contribution in [0.15, 0.2) is 40.4 Å². The van der Waals surface area contributed by atoms with Crippen LogP contribution in [0.5, 0.6) is 0 Å². The molecule has 0 radical (unpaired) electrons. The molecular weight excluding hydrogens is 411 g/mol. The van der Waals surface area contributed by atoms with Gasteiger partial charge >= 0.3 is 18.1 Å². The van der Waals surface area contributed by atoms with Crippen LogP contribution in [0.2, 0.25) is 0 Å². The molecule has 1 fully saturated rings. The molecule has 1 heterocycles. The van der Waals surface area contributed by atoms with Gasteiger partial charge in [0.05, 0.1) is 30.2 Å². The molecule has 31 heavy (non-hydrogen) atoms. The van der Waals surface area contributed by atoms with Crippen molar-refractivity contribution in [1.82, 2.24) is 0 Å². The summed E-state index contributed by atoms with van der Waals surface area (Å²) in [6, 6.07) is 4.77. The van der Waals surface area contributed by atoms with Gasteiger partial charge in [0.2, 0.25) is 5.90 Å². The molecule has 8 heteroatoms. The molecule has 1 aromatic rings. The number of nitrogens with zero attached hydrogens (tertiary/aromatic N) is 1. The molecule has 0 saturated heterocycles. The number of aliphatic imine (C=N–C) groups is 1. The smallest absolute Gasteiger partial charge is 0.416 e. The van der Waals surface area contributed by atoms with Gasteiger partial charge < -0.3 is 9.47 Å². The summed E-state index contributed by atoms with van der Waals surface area (Å²) in [6.45, 7) is 4.03. The minimum atomic E-state index is -4.49. The molecule has 0 amide bonds. The van der Waals surface area contributed by atoms with Crippen LogP contribution in [0.4, 0.5) is 13.2 Å². The van der Waals surface area contributed by atoms with Gasteiger partial charge in [0.15, 0.2) is 0 Å². The van der Waals surface area contributed by atoms with Gasteiger partial charge in [-0.05, 0) is 50.2 Å². The van der Waals surface area contributed by atoms with E-state index in [0.29, 0.717) is 17.1 Å². The van der Waals surface area contributed by atoms with Crippen molar-refractivity contribution in [3.8, 4) is 0 Å². The number of alkyl halides is 3. The van der Waals surface area contributed by atoms with Gasteiger partial charge in [-0.3, -0.25) is 4.79 Å². The summed E-state index contributed by atoms with van der Waals surface area (Å²) in [5.74, 6) is -0.505. The molecule has 0 atom stereocenters. The van der Waals surface area contributed by atoms with Gasteiger partial charge in [-0.1, -0.05) is 25.1 Å². The first-order valence-corrected chi connectivity index (χ1v) is 10.5. The van der Waals surface area contributed by atoms with Crippen LogP contribution in [0.1, 0.15) is 57.1 Å². The Kier molecular flexibility index (Phi) is 7.18. The van der Waals surface area contributed by atoms with Crippen molar-refractivity contribution in [2.75, 3.05) is 6.61 Å². The monoisotopic (exact) mass is 437 g/mol. The maximum Gasteiger partial charge on any atom is 0.416 e. The minimum Gasteiger partial charge on any atom is -0.466 e. The van der Waals surface area contributed by atoms with Crippen molar-refractivity contribution in [1.29, 1.82) is 0 Å². The van der Waals surface area contributed by atoms with Crippen LogP contribution in [0.25, 0.3) is 0 Å². The van der Waals surface area contributed by atoms with Gasteiger partial charge in [-0.15, -0.1) is 0 Å². The zero-order valence-corrected chi connectivity index (χ0v) is 17.6. The second-order valence-electron chi connectivity index (χ2n) is 8.05. The minimum absolute atomic E-state index is 0.0101. The number of rotatable bonds is 6. The molecule has 3 rings (SSSR count). The second-order valence-corrected chi connectivity index (χ2v) is 8.05. The van der Waals surface area contributed by atoms with E-state index >= 15 is 0 Å². The molecule has 2 aliphatic rings. The van der Waals surface area contributed by atoms with Crippen LogP contribution < -0.4 is 0 Å². The first-order chi connectivity index (χ1) is 14.7. The Morgan fingerprint density at radius 3 is 2.55 bits per heavy atom. The largest absolute Gasteiger partial charge is 0.466 e. The van der Waals surface area contributed by atoms with Crippen molar-refractivity contribution in [2.45, 2.75) is 64.6 Å². The highest BCUT2D eigenvalue weighted by molar-refractivity contribution is 6.16. The van der Waals surface area contributed by atoms with Crippen LogP contribution in [0.3, 0.4) is 0 Å². The fourth-order valence-electron chi connectivity index (χ4n) is 3.88. The average molecular weight is 437 g/mol. The number of halogens is 3. The molecule has 1 saturated carbocycles. The quantitative estimate of drug-likeness (QED) is 0.586. The first-order valence-electron chi connectivity index (χ1n) is 10.5. The van der Waals surface area contributed by atoms with Crippen LogP contribution in [0, 0.1) is 5.92 Å². The lowest BCUT2D eigenvalue weighted by Gasteiger charge is -2.23. The van der Waals surface area contributed by atoms with Gasteiger partial charge in [0.25, 0.3) is 0 Å². The van der Waals surface area contributed by atoms with Gasteiger partial charge in [0, 0.05) is 12.0 Å². The SMILES string of the molecule is CCOC(=O)CC1=C(Cc2cccc(C(F)(F)F)c2)C(=O)O/C1=N\C1CCC(C)CC1. The molecule has 0 spiro atoms. The number of benzene rings is 1. The predicted octanol–water partition coefficient (Wildman–Crippen LogP) is 5.03. The van der Waals surface area contributed by atoms with Crippen molar-refractivity contribution in [2.24, 2.45) is 10.9 Å². The van der Waals surface area contributed by atoms with Crippen molar-refractivity contribution >= 4 is 17.8 Å². The molecule has 1 aromatic carbocycles. The van der Waals surface area contributed by atoms with E-state index in [1.54, 1.807) is 6.92 Å². The lowest BCUT2D eigenvalue weighted by molar-refractivity contribution is -0.142. The summed E-state index contributed by atoms with van der Waals surface area (Å²) in [5.41, 5.74) is -0.0419. The standard InChI is InChI=1S/C23H26F3NO4/c1-3-30-20(28)13-18-19(12-15-5-4-6-16(11-15)23(24,25)26)22(29)31-21(18)27-17-9-7-14(2)8-10-17/h4-6,11,14,17H,3,7-10,12-13H2,1-2H3/b27-21-. The molecule has 0 unspecified atom stereocenters. The Bertz CT molecular complexity index is 896. The number of esters is 2. The van der Waals surface area contributed by atoms with Crippen molar-refractivity contribution < 1.29 is 32.2 Å². The molecule has 1 aliphatic carbocycles. The number of hydrogen-bond acceptors (Lipinski definition) is 5. The lowest BCUT2D eigenvalue weighted by atomic mass is 9.87. The van der Waals surface area contributed by atoms with E-state index in [1.807, 2.05) is 0 Å². The molecule has 0 aromatic heterocycles. The maximum absolute atomic E-state index is 13.1. The number of hydrogen-bond donors (Lipinski definition) is 0. The Hall–Kier alpha value is -2.64. The molecule has 0 bridgehead atoms. The number of carbonyl (C=O) groups is 2. The molecular formula is C23H26F3NO4. The highest BCUT2D eigenvalue weighted by Crippen LogP contribution is 2.32. The molecule has 1 aliphatic heterocycles.